The van der Waals surface area contributed by atoms with Crippen molar-refractivity contribution in [1.82, 2.24) is 10.2 Å². The van der Waals surface area contributed by atoms with Gasteiger partial charge in [0.1, 0.15) is 0 Å². The third-order valence-corrected chi connectivity index (χ3v) is 4.69. The molecule has 2 aliphatic rings. The number of carboxylic acid groups (broad SMARTS) is 1. The minimum atomic E-state index is -3.20. The van der Waals surface area contributed by atoms with E-state index in [1.54, 1.807) is 0 Å². The Balaban J connectivity index is 1.90. The number of urea groups is 1. The molecule has 2 rings (SSSR count). The Bertz CT molecular complexity index is 513. The van der Waals surface area contributed by atoms with Crippen molar-refractivity contribution in [3.63, 3.8) is 0 Å². The summed E-state index contributed by atoms with van der Waals surface area (Å²) in [6, 6.07) is -0.930. The van der Waals surface area contributed by atoms with Gasteiger partial charge in [-0.3, -0.25) is 4.79 Å². The first-order chi connectivity index (χ1) is 8.87. The number of aliphatic carboxylic acids is 1. The zero-order valence-corrected chi connectivity index (χ0v) is 11.1. The number of amides is 2. The summed E-state index contributed by atoms with van der Waals surface area (Å²) in [6.45, 7) is 0.670. The van der Waals surface area contributed by atoms with Gasteiger partial charge in [-0.2, -0.15) is 0 Å². The lowest BCUT2D eigenvalue weighted by Gasteiger charge is -2.31. The SMILES string of the molecule is O=C(O)[C@@H]1CCCN(C(=O)NC2C=CS(=O)(=O)C2)C1. The van der Waals surface area contributed by atoms with E-state index in [-0.39, 0.29) is 12.3 Å². The first kappa shape index (κ1) is 13.9. The molecule has 106 valence electrons. The second-order valence-electron chi connectivity index (χ2n) is 4.84. The van der Waals surface area contributed by atoms with Crippen LogP contribution in [0.2, 0.25) is 0 Å². The predicted octanol–water partition coefficient (Wildman–Crippen LogP) is -0.197. The van der Waals surface area contributed by atoms with Crippen LogP contribution in [0.5, 0.6) is 0 Å². The maximum absolute atomic E-state index is 11.9. The molecular formula is C11H16N2O5S. The molecule has 0 bridgehead atoms. The van der Waals surface area contributed by atoms with E-state index in [4.69, 9.17) is 5.11 Å². The molecule has 0 spiro atoms. The van der Waals surface area contributed by atoms with Gasteiger partial charge in [0.15, 0.2) is 9.84 Å². The summed E-state index contributed by atoms with van der Waals surface area (Å²) in [7, 11) is -3.20. The van der Waals surface area contributed by atoms with Crippen LogP contribution in [0.15, 0.2) is 11.5 Å². The van der Waals surface area contributed by atoms with Gasteiger partial charge in [0, 0.05) is 18.5 Å². The topological polar surface area (TPSA) is 104 Å². The molecule has 0 aromatic heterocycles. The van der Waals surface area contributed by atoms with E-state index in [9.17, 15) is 18.0 Å². The Hall–Kier alpha value is -1.57. The zero-order valence-electron chi connectivity index (χ0n) is 10.3. The van der Waals surface area contributed by atoms with E-state index in [0.29, 0.717) is 19.4 Å². The van der Waals surface area contributed by atoms with Gasteiger partial charge in [0.25, 0.3) is 0 Å². The van der Waals surface area contributed by atoms with Gasteiger partial charge >= 0.3 is 12.0 Å². The van der Waals surface area contributed by atoms with Crippen LogP contribution in [-0.4, -0.2) is 55.3 Å². The highest BCUT2D eigenvalue weighted by atomic mass is 32.2. The van der Waals surface area contributed by atoms with Crippen molar-refractivity contribution in [2.45, 2.75) is 18.9 Å². The molecule has 2 N–H and O–H groups in total. The van der Waals surface area contributed by atoms with Crippen molar-refractivity contribution in [1.29, 1.82) is 0 Å². The molecule has 1 fully saturated rings. The molecule has 7 nitrogen and oxygen atoms in total. The van der Waals surface area contributed by atoms with Crippen LogP contribution in [0.1, 0.15) is 12.8 Å². The van der Waals surface area contributed by atoms with Crippen molar-refractivity contribution >= 4 is 21.8 Å². The second kappa shape index (κ2) is 5.20. The number of carbonyl (C=O) groups is 2. The van der Waals surface area contributed by atoms with Crippen molar-refractivity contribution in [2.24, 2.45) is 5.92 Å². The maximum Gasteiger partial charge on any atom is 0.317 e. The number of carboxylic acids is 1. The van der Waals surface area contributed by atoms with E-state index in [1.807, 2.05) is 0 Å². The Kier molecular flexibility index (Phi) is 3.79. The van der Waals surface area contributed by atoms with Crippen LogP contribution in [0, 0.1) is 5.92 Å². The number of carbonyl (C=O) groups excluding carboxylic acids is 1. The molecule has 2 atom stereocenters. The van der Waals surface area contributed by atoms with Crippen molar-refractivity contribution < 1.29 is 23.1 Å². The molecule has 2 amide bonds. The van der Waals surface area contributed by atoms with Crippen LogP contribution in [0.4, 0.5) is 4.79 Å². The summed E-state index contributed by atoms with van der Waals surface area (Å²) in [5, 5.41) is 12.6. The largest absolute Gasteiger partial charge is 0.481 e. The molecule has 1 saturated heterocycles. The average Bonchev–Trinajstić information content (AvgIpc) is 2.68. The van der Waals surface area contributed by atoms with Gasteiger partial charge in [0.05, 0.1) is 17.7 Å². The maximum atomic E-state index is 11.9. The van der Waals surface area contributed by atoms with Gasteiger partial charge in [-0.1, -0.05) is 0 Å². The number of hydrogen-bond donors (Lipinski definition) is 2. The minimum absolute atomic E-state index is 0.130. The fourth-order valence-corrected chi connectivity index (χ4v) is 3.51. The highest BCUT2D eigenvalue weighted by Gasteiger charge is 2.30. The normalized spacial score (nSPS) is 29.2. The van der Waals surface area contributed by atoms with E-state index >= 15 is 0 Å². The number of nitrogens with zero attached hydrogens (tertiary/aromatic N) is 1. The molecule has 2 heterocycles. The number of likely N-dealkylation sites (tertiary alicyclic amines) is 1. The Morgan fingerprint density at radius 1 is 1.37 bits per heavy atom. The molecule has 1 unspecified atom stereocenters. The van der Waals surface area contributed by atoms with E-state index < -0.39 is 33.8 Å². The fraction of sp³-hybridized carbons (Fsp3) is 0.636. The summed E-state index contributed by atoms with van der Waals surface area (Å²) < 4.78 is 22.4. The summed E-state index contributed by atoms with van der Waals surface area (Å²) in [4.78, 5) is 24.3. The molecule has 0 aromatic carbocycles. The van der Waals surface area contributed by atoms with Crippen molar-refractivity contribution in [3.05, 3.63) is 11.5 Å². The molecule has 0 saturated carbocycles. The van der Waals surface area contributed by atoms with Crippen molar-refractivity contribution in [2.75, 3.05) is 18.8 Å². The molecule has 8 heteroatoms. The lowest BCUT2D eigenvalue weighted by molar-refractivity contribution is -0.143. The average molecular weight is 288 g/mol. The number of sulfone groups is 1. The number of rotatable bonds is 2. The van der Waals surface area contributed by atoms with Gasteiger partial charge in [-0.25, -0.2) is 13.2 Å². The first-order valence-electron chi connectivity index (χ1n) is 6.06. The van der Waals surface area contributed by atoms with Gasteiger partial charge in [-0.05, 0) is 18.9 Å². The van der Waals surface area contributed by atoms with Gasteiger partial charge in [0.2, 0.25) is 0 Å². The summed E-state index contributed by atoms with van der Waals surface area (Å²) in [6.07, 6.45) is 2.64. The highest BCUT2D eigenvalue weighted by Crippen LogP contribution is 2.17. The van der Waals surface area contributed by atoms with Crippen LogP contribution < -0.4 is 5.32 Å². The van der Waals surface area contributed by atoms with E-state index in [2.05, 4.69) is 5.32 Å². The van der Waals surface area contributed by atoms with Gasteiger partial charge < -0.3 is 15.3 Å². The fourth-order valence-electron chi connectivity index (χ4n) is 2.28. The zero-order chi connectivity index (χ0) is 14.0. The van der Waals surface area contributed by atoms with Crippen LogP contribution >= 0.6 is 0 Å². The molecule has 2 aliphatic heterocycles. The summed E-state index contributed by atoms with van der Waals surface area (Å²) in [5.74, 6) is -1.57. The number of hydrogen-bond acceptors (Lipinski definition) is 4. The Morgan fingerprint density at radius 2 is 2.11 bits per heavy atom. The lowest BCUT2D eigenvalue weighted by atomic mass is 9.99. The van der Waals surface area contributed by atoms with Crippen LogP contribution in [-0.2, 0) is 14.6 Å². The second-order valence-corrected chi connectivity index (χ2v) is 6.77. The lowest BCUT2D eigenvalue weighted by Crippen LogP contribution is -2.49. The number of piperidine rings is 1. The Morgan fingerprint density at radius 3 is 2.68 bits per heavy atom. The molecule has 0 aromatic rings. The molecule has 19 heavy (non-hydrogen) atoms. The third kappa shape index (κ3) is 3.46. The smallest absolute Gasteiger partial charge is 0.317 e. The summed E-state index contributed by atoms with van der Waals surface area (Å²) in [5.41, 5.74) is 0. The highest BCUT2D eigenvalue weighted by molar-refractivity contribution is 7.94. The van der Waals surface area contributed by atoms with E-state index in [0.717, 1.165) is 5.41 Å². The minimum Gasteiger partial charge on any atom is -0.481 e. The predicted molar refractivity (Wildman–Crippen MR) is 67.2 cm³/mol. The van der Waals surface area contributed by atoms with Crippen LogP contribution in [0.3, 0.4) is 0 Å². The van der Waals surface area contributed by atoms with Crippen molar-refractivity contribution in [3.8, 4) is 0 Å². The molecular weight excluding hydrogens is 272 g/mol. The third-order valence-electron chi connectivity index (χ3n) is 3.30. The quantitative estimate of drug-likeness (QED) is 0.732. The first-order valence-corrected chi connectivity index (χ1v) is 7.78. The standard InChI is InChI=1S/C11H16N2O5S/c14-10(15)8-2-1-4-13(6-8)11(16)12-9-3-5-19(17,18)7-9/h3,5,8-9H,1-2,4,6-7H2,(H,12,16)(H,14,15)/t8-,9?/m1/s1. The van der Waals surface area contributed by atoms with E-state index in [1.165, 1.54) is 11.0 Å². The van der Waals surface area contributed by atoms with Crippen LogP contribution in [0.25, 0.3) is 0 Å². The monoisotopic (exact) mass is 288 g/mol. The molecule has 0 radical (unpaired) electrons. The Labute approximate surface area is 111 Å². The number of nitrogens with one attached hydrogen (secondary N) is 1. The van der Waals surface area contributed by atoms with Gasteiger partial charge in [-0.15, -0.1) is 0 Å². The summed E-state index contributed by atoms with van der Waals surface area (Å²) >= 11 is 0. The molecule has 0 aliphatic carbocycles.